The van der Waals surface area contributed by atoms with Crippen LogP contribution in [0.4, 0.5) is 10.1 Å². The molecule has 0 aliphatic rings. The Morgan fingerprint density at radius 1 is 0.829 bits per heavy atom. The normalized spacial score (nSPS) is 11.3. The van der Waals surface area contributed by atoms with E-state index in [1.807, 2.05) is 37.3 Å². The van der Waals surface area contributed by atoms with Crippen LogP contribution in [0.1, 0.15) is 54.0 Å². The number of aryl methyl sites for hydroxylation is 2. The van der Waals surface area contributed by atoms with E-state index in [0.717, 1.165) is 36.3 Å². The summed E-state index contributed by atoms with van der Waals surface area (Å²) < 4.78 is 18.1. The van der Waals surface area contributed by atoms with E-state index in [-0.39, 0.29) is 5.82 Å². The number of hydrogen-bond donors (Lipinski definition) is 1. The van der Waals surface area contributed by atoms with Gasteiger partial charge in [-0.15, -0.1) is 0 Å². The average Bonchev–Trinajstić information content (AvgIpc) is 2.87. The largest absolute Gasteiger partial charge is 0.489 e. The molecule has 0 aromatic heterocycles. The summed E-state index contributed by atoms with van der Waals surface area (Å²) in [5.74, 6) is 1.24. The summed E-state index contributed by atoms with van der Waals surface area (Å²) >= 11 is 0. The fourth-order valence-electron chi connectivity index (χ4n) is 4.03. The molecule has 2 nitrogen and oxygen atoms in total. The maximum atomic E-state index is 12.1. The molecule has 4 aromatic carbocycles. The quantitative estimate of drug-likeness (QED) is 0.264. The molecule has 3 heteroatoms. The molecule has 0 heterocycles. The van der Waals surface area contributed by atoms with Gasteiger partial charge in [-0.3, -0.25) is 0 Å². The molecule has 182 valence electrons. The second kappa shape index (κ2) is 13.3. The maximum Gasteiger partial charge on any atom is 0.123 e. The number of anilines is 1. The Hall–Kier alpha value is -3.59. The maximum absolute atomic E-state index is 12.1. The molecule has 0 radical (unpaired) electrons. The van der Waals surface area contributed by atoms with Crippen LogP contribution in [0.5, 0.6) is 5.75 Å². The molecular weight excluding hydrogens is 433 g/mol. The van der Waals surface area contributed by atoms with Crippen molar-refractivity contribution >= 4 is 5.69 Å². The predicted molar refractivity (Wildman–Crippen MR) is 145 cm³/mol. The Morgan fingerprint density at radius 3 is 2.14 bits per heavy atom. The molecular formula is C32H36FNO. The standard InChI is InChI=1S/C25H29NO.C7H7F/c1-3-7-22-17-24(27-18-21-8-5-4-6-9-21)14-15-25(22)19(2)16-20-10-12-23(26)13-11-20;1-6-2-4-7(8)5-3-6/h4-6,8-15,17,19H,3,7,16,18,26H2,1-2H3;2-5H,1H3. The lowest BCUT2D eigenvalue weighted by atomic mass is 9.88. The first-order chi connectivity index (χ1) is 16.9. The van der Waals surface area contributed by atoms with Crippen molar-refractivity contribution in [2.75, 3.05) is 5.73 Å². The molecule has 4 aromatic rings. The van der Waals surface area contributed by atoms with E-state index < -0.39 is 0 Å². The van der Waals surface area contributed by atoms with Crippen LogP contribution < -0.4 is 10.5 Å². The first kappa shape index (κ1) is 26.0. The summed E-state index contributed by atoms with van der Waals surface area (Å²) in [7, 11) is 0. The van der Waals surface area contributed by atoms with E-state index in [1.165, 1.54) is 34.4 Å². The monoisotopic (exact) mass is 469 g/mol. The average molecular weight is 470 g/mol. The summed E-state index contributed by atoms with van der Waals surface area (Å²) in [6, 6.07) is 31.5. The highest BCUT2D eigenvalue weighted by atomic mass is 19.1. The number of ether oxygens (including phenoxy) is 1. The first-order valence-electron chi connectivity index (χ1n) is 12.3. The Bertz CT molecular complexity index is 1130. The van der Waals surface area contributed by atoms with Gasteiger partial charge in [0.2, 0.25) is 0 Å². The van der Waals surface area contributed by atoms with Crippen LogP contribution in [-0.4, -0.2) is 0 Å². The second-order valence-electron chi connectivity index (χ2n) is 9.03. The van der Waals surface area contributed by atoms with Gasteiger partial charge < -0.3 is 10.5 Å². The van der Waals surface area contributed by atoms with Gasteiger partial charge in [-0.1, -0.05) is 86.5 Å². The van der Waals surface area contributed by atoms with E-state index in [0.29, 0.717) is 12.5 Å². The Labute approximate surface area is 209 Å². The SMILES string of the molecule is CCCc1cc(OCc2ccccc2)ccc1C(C)Cc1ccc(N)cc1.Cc1ccc(F)cc1. The topological polar surface area (TPSA) is 35.2 Å². The fourth-order valence-corrected chi connectivity index (χ4v) is 4.03. The van der Waals surface area contributed by atoms with Crippen molar-refractivity contribution in [3.05, 3.63) is 131 Å². The van der Waals surface area contributed by atoms with Gasteiger partial charge in [0.1, 0.15) is 18.2 Å². The number of nitrogen functional groups attached to an aromatic ring is 1. The lowest BCUT2D eigenvalue weighted by molar-refractivity contribution is 0.305. The van der Waals surface area contributed by atoms with Crippen LogP contribution in [-0.2, 0) is 19.4 Å². The number of halogens is 1. The minimum Gasteiger partial charge on any atom is -0.489 e. The number of rotatable bonds is 8. The second-order valence-corrected chi connectivity index (χ2v) is 9.03. The van der Waals surface area contributed by atoms with Crippen LogP contribution in [0.25, 0.3) is 0 Å². The Kier molecular flexibility index (Phi) is 9.92. The molecule has 0 fully saturated rings. The van der Waals surface area contributed by atoms with Crippen LogP contribution in [0.3, 0.4) is 0 Å². The molecule has 4 rings (SSSR count). The molecule has 2 N–H and O–H groups in total. The van der Waals surface area contributed by atoms with Crippen molar-refractivity contribution in [1.29, 1.82) is 0 Å². The summed E-state index contributed by atoms with van der Waals surface area (Å²) in [6.07, 6.45) is 3.22. The zero-order valence-corrected chi connectivity index (χ0v) is 21.0. The molecule has 1 unspecified atom stereocenters. The van der Waals surface area contributed by atoms with E-state index in [2.05, 4.69) is 56.3 Å². The molecule has 0 bridgehead atoms. The summed E-state index contributed by atoms with van der Waals surface area (Å²) in [4.78, 5) is 0. The van der Waals surface area contributed by atoms with Gasteiger partial charge in [-0.2, -0.15) is 0 Å². The minimum absolute atomic E-state index is 0.171. The van der Waals surface area contributed by atoms with Crippen molar-refractivity contribution in [3.8, 4) is 5.75 Å². The van der Waals surface area contributed by atoms with Crippen LogP contribution >= 0.6 is 0 Å². The van der Waals surface area contributed by atoms with E-state index >= 15 is 0 Å². The molecule has 0 amide bonds. The van der Waals surface area contributed by atoms with Gasteiger partial charge in [-0.05, 0) is 84.3 Å². The molecule has 0 spiro atoms. The molecule has 35 heavy (non-hydrogen) atoms. The molecule has 0 aliphatic heterocycles. The lowest BCUT2D eigenvalue weighted by Crippen LogP contribution is -2.04. The summed E-state index contributed by atoms with van der Waals surface area (Å²) in [5.41, 5.74) is 13.0. The van der Waals surface area contributed by atoms with Crippen LogP contribution in [0.2, 0.25) is 0 Å². The fraction of sp³-hybridized carbons (Fsp3) is 0.250. The van der Waals surface area contributed by atoms with Crippen molar-refractivity contribution in [3.63, 3.8) is 0 Å². The van der Waals surface area contributed by atoms with Crippen molar-refractivity contribution < 1.29 is 9.13 Å². The van der Waals surface area contributed by atoms with Crippen molar-refractivity contribution in [1.82, 2.24) is 0 Å². The zero-order valence-electron chi connectivity index (χ0n) is 21.0. The smallest absolute Gasteiger partial charge is 0.123 e. The molecule has 1 atom stereocenters. The van der Waals surface area contributed by atoms with E-state index in [9.17, 15) is 4.39 Å². The van der Waals surface area contributed by atoms with Gasteiger partial charge in [0.25, 0.3) is 0 Å². The van der Waals surface area contributed by atoms with Crippen molar-refractivity contribution in [2.24, 2.45) is 0 Å². The summed E-state index contributed by atoms with van der Waals surface area (Å²) in [5, 5.41) is 0. The third-order valence-corrected chi connectivity index (χ3v) is 5.95. The van der Waals surface area contributed by atoms with Crippen molar-refractivity contribution in [2.45, 2.75) is 52.6 Å². The highest BCUT2D eigenvalue weighted by Gasteiger charge is 2.13. The van der Waals surface area contributed by atoms with Gasteiger partial charge in [0.05, 0.1) is 0 Å². The minimum atomic E-state index is -0.171. The van der Waals surface area contributed by atoms with Gasteiger partial charge in [-0.25, -0.2) is 4.39 Å². The zero-order chi connectivity index (χ0) is 25.0. The van der Waals surface area contributed by atoms with Crippen LogP contribution in [0.15, 0.2) is 97.1 Å². The van der Waals surface area contributed by atoms with Gasteiger partial charge in [0, 0.05) is 5.69 Å². The molecule has 0 saturated heterocycles. The predicted octanol–water partition coefficient (Wildman–Crippen LogP) is 8.28. The number of nitrogens with two attached hydrogens (primary N) is 1. The number of hydrogen-bond acceptors (Lipinski definition) is 2. The third-order valence-electron chi connectivity index (χ3n) is 5.95. The third kappa shape index (κ3) is 8.60. The van der Waals surface area contributed by atoms with Gasteiger partial charge >= 0.3 is 0 Å². The lowest BCUT2D eigenvalue weighted by Gasteiger charge is -2.18. The van der Waals surface area contributed by atoms with Gasteiger partial charge in [0.15, 0.2) is 0 Å². The molecule has 0 aliphatic carbocycles. The first-order valence-corrected chi connectivity index (χ1v) is 12.3. The highest BCUT2D eigenvalue weighted by molar-refractivity contribution is 5.41. The highest BCUT2D eigenvalue weighted by Crippen LogP contribution is 2.29. The van der Waals surface area contributed by atoms with E-state index in [1.54, 1.807) is 12.1 Å². The van der Waals surface area contributed by atoms with E-state index in [4.69, 9.17) is 10.5 Å². The molecule has 0 saturated carbocycles. The Balaban J connectivity index is 0.000000363. The summed E-state index contributed by atoms with van der Waals surface area (Å²) in [6.45, 7) is 7.06. The Morgan fingerprint density at radius 2 is 1.51 bits per heavy atom. The van der Waals surface area contributed by atoms with Crippen LogP contribution in [0, 0.1) is 12.7 Å². The number of benzene rings is 4.